The maximum absolute atomic E-state index is 13.4. The van der Waals surface area contributed by atoms with E-state index in [0.29, 0.717) is 12.3 Å². The Kier molecular flexibility index (Phi) is 5.96. The van der Waals surface area contributed by atoms with E-state index in [-0.39, 0.29) is 24.4 Å². The fraction of sp³-hybridized carbons (Fsp3) is 0.222. The summed E-state index contributed by atoms with van der Waals surface area (Å²) >= 11 is 0. The maximum atomic E-state index is 13.4. The minimum atomic E-state index is -0.281. The third-order valence-electron chi connectivity index (χ3n) is 5.94. The summed E-state index contributed by atoms with van der Waals surface area (Å²) in [4.78, 5) is 23.6. The second-order valence-corrected chi connectivity index (χ2v) is 8.12. The number of aromatic nitrogens is 3. The van der Waals surface area contributed by atoms with Crippen LogP contribution in [0.3, 0.4) is 0 Å². The van der Waals surface area contributed by atoms with Crippen molar-refractivity contribution in [3.63, 3.8) is 0 Å². The van der Waals surface area contributed by atoms with Crippen molar-refractivity contribution in [3.8, 4) is 28.8 Å². The van der Waals surface area contributed by atoms with Gasteiger partial charge in [-0.15, -0.1) is 0 Å². The largest absolute Gasteiger partial charge is 0.489 e. The van der Waals surface area contributed by atoms with E-state index in [2.05, 4.69) is 16.8 Å². The number of hydrogen-bond donors (Lipinski definition) is 0. The van der Waals surface area contributed by atoms with Gasteiger partial charge in [-0.2, -0.15) is 0 Å². The second-order valence-electron chi connectivity index (χ2n) is 8.12. The van der Waals surface area contributed by atoms with Gasteiger partial charge in [0.25, 0.3) is 5.91 Å². The molecule has 5 rings (SSSR count). The molecule has 2 aromatic carbocycles. The molecule has 1 amide bonds. The zero-order valence-electron chi connectivity index (χ0n) is 18.7. The SMILES string of the molecule is CC#CC(=O)N1CCCC1c1nc(-c2ccc(OCc3cccc(F)c3)cc2)c2cnccn12. The van der Waals surface area contributed by atoms with Crippen molar-refractivity contribution < 1.29 is 13.9 Å². The fourth-order valence-electron chi connectivity index (χ4n) is 4.37. The molecule has 6 nitrogen and oxygen atoms in total. The van der Waals surface area contributed by atoms with Crippen molar-refractivity contribution in [1.82, 2.24) is 19.3 Å². The number of hydrogen-bond acceptors (Lipinski definition) is 4. The zero-order chi connectivity index (χ0) is 23.5. The lowest BCUT2D eigenvalue weighted by molar-refractivity contribution is -0.126. The predicted molar refractivity (Wildman–Crippen MR) is 126 cm³/mol. The summed E-state index contributed by atoms with van der Waals surface area (Å²) in [6, 6.07) is 13.9. The van der Waals surface area contributed by atoms with Crippen molar-refractivity contribution in [2.75, 3.05) is 6.54 Å². The maximum Gasteiger partial charge on any atom is 0.299 e. The van der Waals surface area contributed by atoms with Gasteiger partial charge in [-0.1, -0.05) is 18.1 Å². The van der Waals surface area contributed by atoms with Crippen LogP contribution in [0.5, 0.6) is 5.75 Å². The van der Waals surface area contributed by atoms with Crippen LogP contribution in [-0.2, 0) is 11.4 Å². The minimum absolute atomic E-state index is 0.133. The molecule has 1 aliphatic rings. The standard InChI is InChI=1S/C27H23FN4O2/c1-2-5-25(33)31-14-4-8-23(31)27-30-26(24-17-29-13-15-32(24)27)20-9-11-22(12-10-20)34-18-19-6-3-7-21(28)16-19/h3,6-7,9-13,15-17,23H,4,8,14,18H2,1H3. The fourth-order valence-corrected chi connectivity index (χ4v) is 4.37. The number of benzene rings is 2. The number of carbonyl (C=O) groups is 1. The van der Waals surface area contributed by atoms with E-state index in [1.165, 1.54) is 12.1 Å². The number of rotatable bonds is 5. The summed E-state index contributed by atoms with van der Waals surface area (Å²) < 4.78 is 21.2. The highest BCUT2D eigenvalue weighted by Crippen LogP contribution is 2.35. The van der Waals surface area contributed by atoms with Gasteiger partial charge in [0.15, 0.2) is 0 Å². The molecule has 4 aromatic rings. The van der Waals surface area contributed by atoms with Gasteiger partial charge < -0.3 is 9.64 Å². The first kappa shape index (κ1) is 21.7. The first-order valence-electron chi connectivity index (χ1n) is 11.2. The van der Waals surface area contributed by atoms with E-state index in [4.69, 9.17) is 9.72 Å². The van der Waals surface area contributed by atoms with Gasteiger partial charge in [-0.05, 0) is 67.6 Å². The van der Waals surface area contributed by atoms with Crippen LogP contribution in [0.25, 0.3) is 16.8 Å². The van der Waals surface area contributed by atoms with E-state index in [0.717, 1.165) is 41.0 Å². The molecular formula is C27H23FN4O2. The van der Waals surface area contributed by atoms with Crippen molar-refractivity contribution in [2.45, 2.75) is 32.4 Å². The van der Waals surface area contributed by atoms with Gasteiger partial charge in [0.05, 0.1) is 23.4 Å². The van der Waals surface area contributed by atoms with Gasteiger partial charge in [0.1, 0.15) is 24.0 Å². The lowest BCUT2D eigenvalue weighted by atomic mass is 10.1. The van der Waals surface area contributed by atoms with E-state index in [1.54, 1.807) is 30.3 Å². The Labute approximate surface area is 197 Å². The van der Waals surface area contributed by atoms with Crippen molar-refractivity contribution >= 4 is 11.4 Å². The second kappa shape index (κ2) is 9.36. The van der Waals surface area contributed by atoms with Crippen LogP contribution in [-0.4, -0.2) is 31.7 Å². The molecule has 170 valence electrons. The van der Waals surface area contributed by atoms with Gasteiger partial charge in [0, 0.05) is 24.5 Å². The lowest BCUT2D eigenvalue weighted by Crippen LogP contribution is -2.30. The molecule has 1 unspecified atom stereocenters. The predicted octanol–water partition coefficient (Wildman–Crippen LogP) is 4.80. The first-order chi connectivity index (χ1) is 16.6. The molecule has 3 heterocycles. The van der Waals surface area contributed by atoms with E-state index in [9.17, 15) is 9.18 Å². The smallest absolute Gasteiger partial charge is 0.299 e. The molecule has 34 heavy (non-hydrogen) atoms. The molecular weight excluding hydrogens is 431 g/mol. The molecule has 1 fully saturated rings. The van der Waals surface area contributed by atoms with Gasteiger partial charge in [-0.25, -0.2) is 9.37 Å². The van der Waals surface area contributed by atoms with Crippen LogP contribution in [0, 0.1) is 17.7 Å². The Morgan fingerprint density at radius 2 is 2.09 bits per heavy atom. The topological polar surface area (TPSA) is 59.7 Å². The Morgan fingerprint density at radius 3 is 2.88 bits per heavy atom. The molecule has 0 saturated carbocycles. The number of ether oxygens (including phenoxy) is 1. The van der Waals surface area contributed by atoms with Gasteiger partial charge in [-0.3, -0.25) is 14.2 Å². The van der Waals surface area contributed by atoms with Crippen molar-refractivity contribution in [1.29, 1.82) is 0 Å². The average molecular weight is 455 g/mol. The summed E-state index contributed by atoms with van der Waals surface area (Å²) in [5.41, 5.74) is 3.34. The van der Waals surface area contributed by atoms with Crippen molar-refractivity contribution in [3.05, 3.63) is 84.3 Å². The Balaban J connectivity index is 1.43. The zero-order valence-corrected chi connectivity index (χ0v) is 18.7. The molecule has 2 aromatic heterocycles. The summed E-state index contributed by atoms with van der Waals surface area (Å²) in [6.07, 6.45) is 7.13. The van der Waals surface area contributed by atoms with Crippen LogP contribution >= 0.6 is 0 Å². The number of halogens is 1. The Morgan fingerprint density at radius 1 is 1.24 bits per heavy atom. The summed E-state index contributed by atoms with van der Waals surface area (Å²) in [5.74, 6) is 6.40. The van der Waals surface area contributed by atoms with E-state index < -0.39 is 0 Å². The third kappa shape index (κ3) is 4.23. The quantitative estimate of drug-likeness (QED) is 0.407. The molecule has 0 bridgehead atoms. The number of nitrogens with zero attached hydrogens (tertiary/aromatic N) is 4. The summed E-state index contributed by atoms with van der Waals surface area (Å²) in [7, 11) is 0. The molecule has 0 aliphatic carbocycles. The van der Waals surface area contributed by atoms with Crippen LogP contribution in [0.2, 0.25) is 0 Å². The Bertz CT molecular complexity index is 1400. The van der Waals surface area contributed by atoms with E-state index >= 15 is 0 Å². The number of amides is 1. The molecule has 0 N–H and O–H groups in total. The molecule has 7 heteroatoms. The van der Waals surface area contributed by atoms with Crippen LogP contribution in [0.1, 0.15) is 37.2 Å². The van der Waals surface area contributed by atoms with Crippen LogP contribution in [0.15, 0.2) is 67.1 Å². The number of fused-ring (bicyclic) bond motifs is 1. The normalized spacial score (nSPS) is 15.2. The van der Waals surface area contributed by atoms with Crippen LogP contribution in [0.4, 0.5) is 4.39 Å². The van der Waals surface area contributed by atoms with Gasteiger partial charge in [0.2, 0.25) is 0 Å². The molecule has 1 atom stereocenters. The molecule has 1 aliphatic heterocycles. The monoisotopic (exact) mass is 454 g/mol. The highest BCUT2D eigenvalue weighted by Gasteiger charge is 2.33. The number of carbonyl (C=O) groups excluding carboxylic acids is 1. The summed E-state index contributed by atoms with van der Waals surface area (Å²) in [5, 5.41) is 0. The van der Waals surface area contributed by atoms with Crippen molar-refractivity contribution in [2.24, 2.45) is 0 Å². The highest BCUT2D eigenvalue weighted by molar-refractivity contribution is 5.94. The molecule has 0 radical (unpaired) electrons. The van der Waals surface area contributed by atoms with Crippen LogP contribution < -0.4 is 4.74 Å². The number of likely N-dealkylation sites (tertiary alicyclic amines) is 1. The third-order valence-corrected chi connectivity index (χ3v) is 5.94. The highest BCUT2D eigenvalue weighted by atomic mass is 19.1. The Hall–Kier alpha value is -4.18. The van der Waals surface area contributed by atoms with Gasteiger partial charge >= 0.3 is 0 Å². The summed E-state index contributed by atoms with van der Waals surface area (Å²) in [6.45, 7) is 2.62. The first-order valence-corrected chi connectivity index (χ1v) is 11.2. The van der Waals surface area contributed by atoms with E-state index in [1.807, 2.05) is 40.9 Å². The minimum Gasteiger partial charge on any atom is -0.489 e. The molecule has 0 spiro atoms. The average Bonchev–Trinajstić information content (AvgIpc) is 3.48. The number of imidazole rings is 1. The molecule has 1 saturated heterocycles. The lowest BCUT2D eigenvalue weighted by Gasteiger charge is -2.21.